The van der Waals surface area contributed by atoms with Gasteiger partial charge in [0.1, 0.15) is 0 Å². The monoisotopic (exact) mass is 356 g/mol. The normalized spacial score (nSPS) is 10.5. The molecule has 0 fully saturated rings. The molecule has 25 heavy (non-hydrogen) atoms. The number of rotatable bonds is 9. The van der Waals surface area contributed by atoms with Crippen LogP contribution in [0.25, 0.3) is 11.4 Å². The predicted octanol–water partition coefficient (Wildman–Crippen LogP) is 3.65. The van der Waals surface area contributed by atoms with Gasteiger partial charge in [0, 0.05) is 25.2 Å². The third kappa shape index (κ3) is 5.06. The van der Waals surface area contributed by atoms with E-state index in [4.69, 9.17) is 0 Å². The molecule has 0 radical (unpaired) electrons. The Balaban J connectivity index is 2.14. The van der Waals surface area contributed by atoms with E-state index in [-0.39, 0.29) is 5.91 Å². The number of amides is 1. The first kappa shape index (κ1) is 19.0. The van der Waals surface area contributed by atoms with E-state index in [1.54, 1.807) is 11.0 Å². The Bertz CT molecular complexity index is 739. The standard InChI is InChI=1S/C19H24N4OS/c1-5-12-23-18(16-10-8-7-9-11-16)20-21-19(23)25-14-17(24)22(6-2)13-15(3)4/h5,7-11H,1,3,6,12-14H2,2,4H3. The molecule has 0 N–H and O–H groups in total. The molecule has 6 heteroatoms. The van der Waals surface area contributed by atoms with Gasteiger partial charge in [0.15, 0.2) is 11.0 Å². The van der Waals surface area contributed by atoms with Crippen molar-refractivity contribution in [1.82, 2.24) is 19.7 Å². The lowest BCUT2D eigenvalue weighted by molar-refractivity contribution is -0.127. The second-order valence-electron chi connectivity index (χ2n) is 5.73. The van der Waals surface area contributed by atoms with Crippen molar-refractivity contribution < 1.29 is 4.79 Å². The number of benzene rings is 1. The molecule has 2 aromatic rings. The molecule has 132 valence electrons. The van der Waals surface area contributed by atoms with Gasteiger partial charge in [-0.05, 0) is 13.8 Å². The van der Waals surface area contributed by atoms with Crippen LogP contribution in [0.1, 0.15) is 13.8 Å². The van der Waals surface area contributed by atoms with Crippen LogP contribution in [0.5, 0.6) is 0 Å². The zero-order valence-electron chi connectivity index (χ0n) is 14.8. The summed E-state index contributed by atoms with van der Waals surface area (Å²) in [6.07, 6.45) is 1.81. The quantitative estimate of drug-likeness (QED) is 0.508. The number of nitrogens with zero attached hydrogens (tertiary/aromatic N) is 4. The average Bonchev–Trinajstić information content (AvgIpc) is 3.01. The van der Waals surface area contributed by atoms with Gasteiger partial charge >= 0.3 is 0 Å². The average molecular weight is 356 g/mol. The Labute approximate surface area is 153 Å². The van der Waals surface area contributed by atoms with E-state index >= 15 is 0 Å². The molecule has 0 unspecified atom stereocenters. The summed E-state index contributed by atoms with van der Waals surface area (Å²) in [7, 11) is 0. The molecule has 0 aliphatic carbocycles. The topological polar surface area (TPSA) is 51.0 Å². The molecule has 0 spiro atoms. The first-order valence-electron chi connectivity index (χ1n) is 8.21. The van der Waals surface area contributed by atoms with Crippen molar-refractivity contribution in [2.75, 3.05) is 18.8 Å². The lowest BCUT2D eigenvalue weighted by atomic mass is 10.2. The van der Waals surface area contributed by atoms with E-state index in [1.807, 2.05) is 48.7 Å². The van der Waals surface area contributed by atoms with Gasteiger partial charge in [0.2, 0.25) is 5.91 Å². The van der Waals surface area contributed by atoms with Gasteiger partial charge in [0.05, 0.1) is 5.75 Å². The summed E-state index contributed by atoms with van der Waals surface area (Å²) in [4.78, 5) is 14.2. The molecule has 0 saturated carbocycles. The predicted molar refractivity (Wildman–Crippen MR) is 103 cm³/mol. The summed E-state index contributed by atoms with van der Waals surface area (Å²) in [5, 5.41) is 9.29. The molecule has 1 aromatic heterocycles. The van der Waals surface area contributed by atoms with Crippen molar-refractivity contribution in [2.24, 2.45) is 0 Å². The first-order valence-corrected chi connectivity index (χ1v) is 9.19. The lowest BCUT2D eigenvalue weighted by Gasteiger charge is -2.20. The van der Waals surface area contributed by atoms with Crippen LogP contribution in [0.4, 0.5) is 0 Å². The van der Waals surface area contributed by atoms with Crippen LogP contribution in [0, 0.1) is 0 Å². The van der Waals surface area contributed by atoms with E-state index in [0.717, 1.165) is 22.1 Å². The number of likely N-dealkylation sites (N-methyl/N-ethyl adjacent to an activating group) is 1. The molecule has 1 amide bonds. The van der Waals surface area contributed by atoms with Gasteiger partial charge in [-0.2, -0.15) is 0 Å². The molecule has 2 rings (SSSR count). The SMILES string of the molecule is C=CCn1c(SCC(=O)N(CC)CC(=C)C)nnc1-c1ccccc1. The molecule has 1 aromatic carbocycles. The Morgan fingerprint density at radius 2 is 2.04 bits per heavy atom. The Morgan fingerprint density at radius 3 is 2.64 bits per heavy atom. The maximum Gasteiger partial charge on any atom is 0.233 e. The number of aromatic nitrogens is 3. The van der Waals surface area contributed by atoms with E-state index < -0.39 is 0 Å². The number of hydrogen-bond acceptors (Lipinski definition) is 4. The highest BCUT2D eigenvalue weighted by Gasteiger charge is 2.17. The van der Waals surface area contributed by atoms with Gasteiger partial charge in [-0.15, -0.1) is 16.8 Å². The maximum atomic E-state index is 12.4. The van der Waals surface area contributed by atoms with E-state index in [2.05, 4.69) is 23.4 Å². The minimum atomic E-state index is 0.0740. The van der Waals surface area contributed by atoms with Crippen molar-refractivity contribution in [1.29, 1.82) is 0 Å². The summed E-state index contributed by atoms with van der Waals surface area (Å²) in [5.74, 6) is 1.18. The number of hydrogen-bond donors (Lipinski definition) is 0. The fraction of sp³-hybridized carbons (Fsp3) is 0.316. The maximum absolute atomic E-state index is 12.4. The summed E-state index contributed by atoms with van der Waals surface area (Å²) < 4.78 is 1.98. The van der Waals surface area contributed by atoms with Crippen LogP contribution < -0.4 is 0 Å². The molecular weight excluding hydrogens is 332 g/mol. The summed E-state index contributed by atoms with van der Waals surface area (Å²) in [6, 6.07) is 9.89. The van der Waals surface area contributed by atoms with Crippen LogP contribution in [0.2, 0.25) is 0 Å². The van der Waals surface area contributed by atoms with Crippen molar-refractivity contribution >= 4 is 17.7 Å². The molecule has 0 saturated heterocycles. The highest BCUT2D eigenvalue weighted by Crippen LogP contribution is 2.24. The molecule has 0 aliphatic heterocycles. The van der Waals surface area contributed by atoms with Gasteiger partial charge in [-0.1, -0.05) is 60.3 Å². The number of thioether (sulfide) groups is 1. The number of allylic oxidation sites excluding steroid dienone is 1. The van der Waals surface area contributed by atoms with Gasteiger partial charge in [-0.25, -0.2) is 0 Å². The van der Waals surface area contributed by atoms with Crippen LogP contribution in [0.3, 0.4) is 0 Å². The molecular formula is C19H24N4OS. The van der Waals surface area contributed by atoms with Crippen LogP contribution >= 0.6 is 11.8 Å². The summed E-state index contributed by atoms with van der Waals surface area (Å²) in [6.45, 7) is 13.4. The van der Waals surface area contributed by atoms with E-state index in [0.29, 0.717) is 25.4 Å². The van der Waals surface area contributed by atoms with Crippen molar-refractivity contribution in [3.05, 3.63) is 55.1 Å². The van der Waals surface area contributed by atoms with Crippen LogP contribution in [0.15, 0.2) is 60.3 Å². The molecule has 5 nitrogen and oxygen atoms in total. The molecule has 0 bridgehead atoms. The fourth-order valence-corrected chi connectivity index (χ4v) is 3.26. The van der Waals surface area contributed by atoms with Gasteiger partial charge < -0.3 is 4.90 Å². The third-order valence-electron chi connectivity index (χ3n) is 3.58. The van der Waals surface area contributed by atoms with Gasteiger partial charge in [0.25, 0.3) is 0 Å². The minimum absolute atomic E-state index is 0.0740. The smallest absolute Gasteiger partial charge is 0.233 e. The van der Waals surface area contributed by atoms with Crippen LogP contribution in [-0.4, -0.2) is 44.4 Å². The first-order chi connectivity index (χ1) is 12.1. The highest BCUT2D eigenvalue weighted by atomic mass is 32.2. The Morgan fingerprint density at radius 1 is 1.32 bits per heavy atom. The number of carbonyl (C=O) groups excluding carboxylic acids is 1. The zero-order valence-corrected chi connectivity index (χ0v) is 15.6. The Kier molecular flexibility index (Phi) is 7.01. The number of carbonyl (C=O) groups is 1. The summed E-state index contributed by atoms with van der Waals surface area (Å²) >= 11 is 1.40. The minimum Gasteiger partial charge on any atom is -0.338 e. The third-order valence-corrected chi connectivity index (χ3v) is 4.53. The Hall–Kier alpha value is -2.34. The lowest BCUT2D eigenvalue weighted by Crippen LogP contribution is -2.33. The van der Waals surface area contributed by atoms with E-state index in [9.17, 15) is 4.79 Å². The van der Waals surface area contributed by atoms with Crippen molar-refractivity contribution in [3.63, 3.8) is 0 Å². The second-order valence-corrected chi connectivity index (χ2v) is 6.67. The molecule has 0 atom stereocenters. The summed E-state index contributed by atoms with van der Waals surface area (Å²) in [5.41, 5.74) is 1.97. The molecule has 0 aliphatic rings. The van der Waals surface area contributed by atoms with Crippen molar-refractivity contribution in [2.45, 2.75) is 25.5 Å². The highest BCUT2D eigenvalue weighted by molar-refractivity contribution is 7.99. The van der Waals surface area contributed by atoms with Gasteiger partial charge in [-0.3, -0.25) is 9.36 Å². The van der Waals surface area contributed by atoms with E-state index in [1.165, 1.54) is 11.8 Å². The zero-order chi connectivity index (χ0) is 18.2. The van der Waals surface area contributed by atoms with Crippen LogP contribution in [-0.2, 0) is 11.3 Å². The molecule has 1 heterocycles. The fourth-order valence-electron chi connectivity index (χ4n) is 2.41. The second kappa shape index (κ2) is 9.22. The largest absolute Gasteiger partial charge is 0.338 e. The van der Waals surface area contributed by atoms with Crippen molar-refractivity contribution in [3.8, 4) is 11.4 Å².